The number of nitrogens with zero attached hydrogens (tertiary/aromatic N) is 1. The van der Waals surface area contributed by atoms with Crippen LogP contribution in [0.2, 0.25) is 0 Å². The van der Waals surface area contributed by atoms with Crippen molar-refractivity contribution in [1.82, 2.24) is 10.2 Å². The molecule has 3 nitrogen and oxygen atoms in total. The van der Waals surface area contributed by atoms with Crippen LogP contribution >= 0.6 is 24.8 Å². The van der Waals surface area contributed by atoms with Crippen molar-refractivity contribution in [2.75, 3.05) is 31.5 Å². The van der Waals surface area contributed by atoms with Crippen LogP contribution in [-0.2, 0) is 6.54 Å². The third-order valence-electron chi connectivity index (χ3n) is 5.48. The van der Waals surface area contributed by atoms with Crippen molar-refractivity contribution < 1.29 is 0 Å². The van der Waals surface area contributed by atoms with Gasteiger partial charge in [0.1, 0.15) is 0 Å². The van der Waals surface area contributed by atoms with Crippen LogP contribution < -0.4 is 10.6 Å². The average Bonchev–Trinajstić information content (AvgIpc) is 3.51. The van der Waals surface area contributed by atoms with Crippen LogP contribution in [0.5, 0.6) is 0 Å². The lowest BCUT2D eigenvalue weighted by Gasteiger charge is -2.35. The van der Waals surface area contributed by atoms with Gasteiger partial charge in [-0.1, -0.05) is 55.3 Å². The van der Waals surface area contributed by atoms with Crippen LogP contribution in [0.4, 0.5) is 5.69 Å². The normalized spacial score (nSPS) is 18.1. The van der Waals surface area contributed by atoms with Gasteiger partial charge < -0.3 is 10.6 Å². The van der Waals surface area contributed by atoms with Crippen LogP contribution in [0, 0.1) is 5.92 Å². The molecule has 2 fully saturated rings. The molecule has 148 valence electrons. The molecule has 4 rings (SSSR count). The first-order valence-electron chi connectivity index (χ1n) is 9.71. The van der Waals surface area contributed by atoms with E-state index in [2.05, 4.69) is 70.1 Å². The van der Waals surface area contributed by atoms with Gasteiger partial charge in [-0.05, 0) is 35.6 Å². The number of piperazine rings is 1. The van der Waals surface area contributed by atoms with E-state index in [-0.39, 0.29) is 24.8 Å². The summed E-state index contributed by atoms with van der Waals surface area (Å²) >= 11 is 0. The molecule has 2 aromatic rings. The fraction of sp³-hybridized carbons (Fsp3) is 0.455. The zero-order valence-electron chi connectivity index (χ0n) is 15.8. The Hall–Kier alpha value is -1.26. The van der Waals surface area contributed by atoms with Crippen molar-refractivity contribution in [3.63, 3.8) is 0 Å². The van der Waals surface area contributed by atoms with E-state index in [0.29, 0.717) is 6.04 Å². The molecule has 1 saturated carbocycles. The van der Waals surface area contributed by atoms with Crippen molar-refractivity contribution in [1.29, 1.82) is 0 Å². The van der Waals surface area contributed by atoms with Gasteiger partial charge in [-0.25, -0.2) is 0 Å². The number of halogens is 2. The lowest BCUT2D eigenvalue weighted by molar-refractivity contribution is 0.160. The minimum atomic E-state index is 0. The SMILES string of the molecule is Cl.Cl.c1ccc(CNc2ccc([C@H](CC3CC3)N3CCNCC3)cc2)cc1. The first kappa shape index (κ1) is 22.0. The summed E-state index contributed by atoms with van der Waals surface area (Å²) in [5.74, 6) is 0.954. The van der Waals surface area contributed by atoms with E-state index >= 15 is 0 Å². The van der Waals surface area contributed by atoms with Gasteiger partial charge in [0.2, 0.25) is 0 Å². The number of benzene rings is 2. The van der Waals surface area contributed by atoms with E-state index in [0.717, 1.165) is 25.6 Å². The van der Waals surface area contributed by atoms with Gasteiger partial charge in [0.15, 0.2) is 0 Å². The second-order valence-corrected chi connectivity index (χ2v) is 7.44. The average molecular weight is 408 g/mol. The number of nitrogens with one attached hydrogen (secondary N) is 2. The molecule has 2 N–H and O–H groups in total. The highest BCUT2D eigenvalue weighted by atomic mass is 35.5. The first-order valence-corrected chi connectivity index (χ1v) is 9.71. The maximum absolute atomic E-state index is 3.54. The zero-order chi connectivity index (χ0) is 16.9. The quantitative estimate of drug-likeness (QED) is 0.683. The van der Waals surface area contributed by atoms with Crippen molar-refractivity contribution >= 4 is 30.5 Å². The molecule has 2 aromatic carbocycles. The molecule has 0 aromatic heterocycles. The van der Waals surface area contributed by atoms with Gasteiger partial charge in [-0.2, -0.15) is 0 Å². The molecule has 1 saturated heterocycles. The summed E-state index contributed by atoms with van der Waals surface area (Å²) in [5, 5.41) is 7.02. The van der Waals surface area contributed by atoms with Crippen LogP contribution in [0.25, 0.3) is 0 Å². The lowest BCUT2D eigenvalue weighted by Crippen LogP contribution is -2.45. The van der Waals surface area contributed by atoms with Crippen molar-refractivity contribution in [3.8, 4) is 0 Å². The molecule has 1 aliphatic carbocycles. The molecule has 0 bridgehead atoms. The summed E-state index contributed by atoms with van der Waals surface area (Å²) in [4.78, 5) is 2.68. The Morgan fingerprint density at radius 2 is 1.59 bits per heavy atom. The van der Waals surface area contributed by atoms with Gasteiger partial charge in [-0.3, -0.25) is 4.90 Å². The predicted molar refractivity (Wildman–Crippen MR) is 119 cm³/mol. The van der Waals surface area contributed by atoms with Gasteiger partial charge in [-0.15, -0.1) is 24.8 Å². The minimum Gasteiger partial charge on any atom is -0.381 e. The molecule has 1 atom stereocenters. The van der Waals surface area contributed by atoms with Crippen LogP contribution in [0.15, 0.2) is 54.6 Å². The van der Waals surface area contributed by atoms with Crippen LogP contribution in [-0.4, -0.2) is 31.1 Å². The van der Waals surface area contributed by atoms with E-state index in [1.54, 1.807) is 0 Å². The molecule has 27 heavy (non-hydrogen) atoms. The summed E-state index contributed by atoms with van der Waals surface area (Å²) in [6.45, 7) is 5.47. The van der Waals surface area contributed by atoms with E-state index in [1.165, 1.54) is 49.2 Å². The number of anilines is 1. The van der Waals surface area contributed by atoms with Gasteiger partial charge in [0.05, 0.1) is 0 Å². The maximum Gasteiger partial charge on any atom is 0.0400 e. The summed E-state index contributed by atoms with van der Waals surface area (Å²) in [5.41, 5.74) is 4.01. The first-order chi connectivity index (χ1) is 12.4. The summed E-state index contributed by atoms with van der Waals surface area (Å²) < 4.78 is 0. The lowest BCUT2D eigenvalue weighted by atomic mass is 9.98. The third kappa shape index (κ3) is 6.39. The van der Waals surface area contributed by atoms with Crippen LogP contribution in [0.3, 0.4) is 0 Å². The van der Waals surface area contributed by atoms with Crippen molar-refractivity contribution in [2.45, 2.75) is 31.8 Å². The van der Waals surface area contributed by atoms with Gasteiger partial charge in [0.25, 0.3) is 0 Å². The predicted octanol–water partition coefficient (Wildman–Crippen LogP) is 4.89. The fourth-order valence-corrected chi connectivity index (χ4v) is 3.78. The Kier molecular flexibility index (Phi) is 8.91. The standard InChI is InChI=1S/C22H29N3.2ClH/c1-2-4-19(5-3-1)17-24-21-10-8-20(9-11-21)22(16-18-6-7-18)25-14-12-23-13-15-25;;/h1-5,8-11,18,22-24H,6-7,12-17H2;2*1H/t22-;;/m0../s1. The molecule has 5 heteroatoms. The molecular formula is C22H31Cl2N3. The Bertz CT molecular complexity index is 653. The molecule has 0 spiro atoms. The largest absolute Gasteiger partial charge is 0.381 e. The Balaban J connectivity index is 0.00000131. The second kappa shape index (κ2) is 10.9. The second-order valence-electron chi connectivity index (χ2n) is 7.44. The Morgan fingerprint density at radius 3 is 2.22 bits per heavy atom. The number of hydrogen-bond donors (Lipinski definition) is 2. The number of rotatable bonds is 7. The van der Waals surface area contributed by atoms with Gasteiger partial charge >= 0.3 is 0 Å². The minimum absolute atomic E-state index is 0. The maximum atomic E-state index is 3.54. The summed E-state index contributed by atoms with van der Waals surface area (Å²) in [7, 11) is 0. The molecule has 1 heterocycles. The Morgan fingerprint density at radius 1 is 0.926 bits per heavy atom. The van der Waals surface area contributed by atoms with Gasteiger partial charge in [0, 0.05) is 44.5 Å². The molecular weight excluding hydrogens is 377 g/mol. The molecule has 1 aliphatic heterocycles. The molecule has 0 unspecified atom stereocenters. The highest BCUT2D eigenvalue weighted by molar-refractivity contribution is 5.85. The zero-order valence-corrected chi connectivity index (χ0v) is 17.4. The molecule has 2 aliphatic rings. The van der Waals surface area contributed by atoms with Crippen molar-refractivity contribution in [2.24, 2.45) is 5.92 Å². The van der Waals surface area contributed by atoms with Crippen LogP contribution in [0.1, 0.15) is 36.4 Å². The third-order valence-corrected chi connectivity index (χ3v) is 5.48. The Labute approximate surface area is 175 Å². The van der Waals surface area contributed by atoms with E-state index in [9.17, 15) is 0 Å². The monoisotopic (exact) mass is 407 g/mol. The topological polar surface area (TPSA) is 27.3 Å². The van der Waals surface area contributed by atoms with E-state index in [1.807, 2.05) is 0 Å². The fourth-order valence-electron chi connectivity index (χ4n) is 3.78. The summed E-state index contributed by atoms with van der Waals surface area (Å²) in [6, 6.07) is 20.3. The molecule has 0 amide bonds. The van der Waals surface area contributed by atoms with Crippen molar-refractivity contribution in [3.05, 3.63) is 65.7 Å². The van der Waals surface area contributed by atoms with E-state index < -0.39 is 0 Å². The summed E-state index contributed by atoms with van der Waals surface area (Å²) in [6.07, 6.45) is 4.19. The van der Waals surface area contributed by atoms with E-state index in [4.69, 9.17) is 0 Å². The highest BCUT2D eigenvalue weighted by Gasteiger charge is 2.30. The molecule has 0 radical (unpaired) electrons. The highest BCUT2D eigenvalue weighted by Crippen LogP contribution is 2.40. The smallest absolute Gasteiger partial charge is 0.0400 e. The number of hydrogen-bond acceptors (Lipinski definition) is 3.